The fourth-order valence-electron chi connectivity index (χ4n) is 1.29. The third-order valence-corrected chi connectivity index (χ3v) is 2.07. The van der Waals surface area contributed by atoms with Crippen LogP contribution in [0.1, 0.15) is 6.92 Å². The summed E-state index contributed by atoms with van der Waals surface area (Å²) in [4.78, 5) is 11.0. The Morgan fingerprint density at radius 3 is 2.81 bits per heavy atom. The van der Waals surface area contributed by atoms with Gasteiger partial charge in [0.25, 0.3) is 0 Å². The number of carbonyl (C=O) groups is 1. The molecule has 0 aliphatic carbocycles. The van der Waals surface area contributed by atoms with Crippen molar-refractivity contribution in [2.45, 2.75) is 6.92 Å². The second-order valence-electron chi connectivity index (χ2n) is 3.48. The first kappa shape index (κ1) is 10.5. The molecule has 2 aromatic heterocycles. The zero-order chi connectivity index (χ0) is 11.5. The Kier molecular flexibility index (Phi) is 2.81. The molecule has 2 rings (SSSR count). The first-order valence-electron chi connectivity index (χ1n) is 4.94. The van der Waals surface area contributed by atoms with Gasteiger partial charge in [0.1, 0.15) is 18.8 Å². The van der Waals surface area contributed by atoms with Crippen LogP contribution in [0.15, 0.2) is 34.8 Å². The van der Waals surface area contributed by atoms with Crippen molar-refractivity contribution in [3.05, 3.63) is 30.4 Å². The highest BCUT2D eigenvalue weighted by Crippen LogP contribution is 2.28. The lowest BCUT2D eigenvalue weighted by molar-refractivity contribution is -0.139. The van der Waals surface area contributed by atoms with Crippen LogP contribution in [-0.2, 0) is 9.53 Å². The number of hydrogen-bond donors (Lipinski definition) is 0. The van der Waals surface area contributed by atoms with E-state index in [2.05, 4.69) is 6.58 Å². The molecule has 0 aromatic carbocycles. The van der Waals surface area contributed by atoms with Crippen LogP contribution in [0.25, 0.3) is 11.2 Å². The fourth-order valence-corrected chi connectivity index (χ4v) is 1.29. The molecular weight excluding hydrogens is 208 g/mol. The highest BCUT2D eigenvalue weighted by molar-refractivity contribution is 5.86. The summed E-state index contributed by atoms with van der Waals surface area (Å²) in [5.74, 6) is 0.285. The predicted octanol–water partition coefficient (Wildman–Crippen LogP) is 2.37. The Labute approximate surface area is 92.8 Å². The molecule has 16 heavy (non-hydrogen) atoms. The van der Waals surface area contributed by atoms with Crippen LogP contribution in [0.5, 0.6) is 5.75 Å². The predicted molar refractivity (Wildman–Crippen MR) is 58.7 cm³/mol. The number of benzene rings is 1. The lowest BCUT2D eigenvalue weighted by Gasteiger charge is -2.05. The van der Waals surface area contributed by atoms with Crippen molar-refractivity contribution in [3.63, 3.8) is 0 Å². The SMILES string of the molecule is C=C(C)C(=O)OCCOc1cc2ccc1o2. The standard InChI is InChI=1S/C12H12O4/c1-8(2)12(13)15-6-5-14-11-7-9-3-4-10(11)16-9/h3-4,7H,1,5-6H2,2H3. The maximum atomic E-state index is 11.0. The van der Waals surface area contributed by atoms with E-state index >= 15 is 0 Å². The van der Waals surface area contributed by atoms with Crippen LogP contribution in [0, 0.1) is 0 Å². The van der Waals surface area contributed by atoms with E-state index in [0.717, 1.165) is 5.58 Å². The normalized spacial score (nSPS) is 10.6. The van der Waals surface area contributed by atoms with E-state index in [9.17, 15) is 4.79 Å². The van der Waals surface area contributed by atoms with Gasteiger partial charge in [-0.05, 0) is 19.1 Å². The van der Waals surface area contributed by atoms with Crippen LogP contribution in [0.2, 0.25) is 0 Å². The summed E-state index contributed by atoms with van der Waals surface area (Å²) in [6, 6.07) is 5.50. The molecule has 4 heteroatoms. The monoisotopic (exact) mass is 220 g/mol. The summed E-state index contributed by atoms with van der Waals surface area (Å²) in [5.41, 5.74) is 1.88. The molecule has 2 bridgehead atoms. The van der Waals surface area contributed by atoms with Gasteiger partial charge in [0.2, 0.25) is 0 Å². The quantitative estimate of drug-likeness (QED) is 0.441. The molecule has 2 heterocycles. The Morgan fingerprint density at radius 2 is 2.25 bits per heavy atom. The number of rotatable bonds is 5. The van der Waals surface area contributed by atoms with Crippen LogP contribution >= 0.6 is 0 Å². The Hall–Kier alpha value is -1.97. The maximum absolute atomic E-state index is 11.0. The third kappa shape index (κ3) is 2.16. The zero-order valence-electron chi connectivity index (χ0n) is 8.99. The van der Waals surface area contributed by atoms with Crippen LogP contribution in [0.4, 0.5) is 0 Å². The molecule has 0 aliphatic heterocycles. The highest BCUT2D eigenvalue weighted by atomic mass is 16.6. The molecule has 0 atom stereocenters. The molecule has 0 radical (unpaired) electrons. The first-order valence-corrected chi connectivity index (χ1v) is 4.94. The van der Waals surface area contributed by atoms with Crippen molar-refractivity contribution in [3.8, 4) is 5.75 Å². The van der Waals surface area contributed by atoms with Gasteiger partial charge in [-0.1, -0.05) is 6.58 Å². The minimum atomic E-state index is -0.399. The molecule has 0 amide bonds. The van der Waals surface area contributed by atoms with Crippen LogP contribution < -0.4 is 4.74 Å². The van der Waals surface area contributed by atoms with E-state index in [-0.39, 0.29) is 6.61 Å². The van der Waals surface area contributed by atoms with Gasteiger partial charge in [-0.15, -0.1) is 0 Å². The van der Waals surface area contributed by atoms with Crippen molar-refractivity contribution in [1.29, 1.82) is 0 Å². The molecule has 84 valence electrons. The smallest absolute Gasteiger partial charge is 0.333 e. The van der Waals surface area contributed by atoms with E-state index in [0.29, 0.717) is 23.5 Å². The Morgan fingerprint density at radius 1 is 1.44 bits per heavy atom. The number of carbonyl (C=O) groups excluding carboxylic acids is 1. The third-order valence-electron chi connectivity index (χ3n) is 2.07. The minimum Gasteiger partial charge on any atom is -0.486 e. The van der Waals surface area contributed by atoms with Gasteiger partial charge in [-0.2, -0.15) is 0 Å². The van der Waals surface area contributed by atoms with Crippen molar-refractivity contribution in [2.24, 2.45) is 0 Å². The van der Waals surface area contributed by atoms with Gasteiger partial charge in [0.15, 0.2) is 11.3 Å². The van der Waals surface area contributed by atoms with Gasteiger partial charge in [-0.25, -0.2) is 4.79 Å². The van der Waals surface area contributed by atoms with Gasteiger partial charge in [0, 0.05) is 11.6 Å². The molecule has 2 aromatic rings. The van der Waals surface area contributed by atoms with Gasteiger partial charge < -0.3 is 13.9 Å². The van der Waals surface area contributed by atoms with E-state index in [4.69, 9.17) is 13.9 Å². The molecule has 0 aliphatic rings. The summed E-state index contributed by atoms with van der Waals surface area (Å²) >= 11 is 0. The molecule has 0 unspecified atom stereocenters. The van der Waals surface area contributed by atoms with E-state index in [1.807, 2.05) is 12.1 Å². The average molecular weight is 220 g/mol. The largest absolute Gasteiger partial charge is 0.486 e. The van der Waals surface area contributed by atoms with Crippen molar-refractivity contribution < 1.29 is 18.7 Å². The van der Waals surface area contributed by atoms with Gasteiger partial charge in [-0.3, -0.25) is 0 Å². The summed E-state index contributed by atoms with van der Waals surface area (Å²) in [7, 11) is 0. The van der Waals surface area contributed by atoms with Crippen molar-refractivity contribution in [2.75, 3.05) is 13.2 Å². The topological polar surface area (TPSA) is 48.7 Å². The summed E-state index contributed by atoms with van der Waals surface area (Å²) in [6.45, 7) is 5.59. The number of fused-ring (bicyclic) bond motifs is 2. The van der Waals surface area contributed by atoms with Crippen molar-refractivity contribution >= 4 is 17.1 Å². The zero-order valence-corrected chi connectivity index (χ0v) is 8.99. The van der Waals surface area contributed by atoms with Crippen molar-refractivity contribution in [1.82, 2.24) is 0 Å². The van der Waals surface area contributed by atoms with Crippen LogP contribution in [0.3, 0.4) is 0 Å². The lowest BCUT2D eigenvalue weighted by Crippen LogP contribution is -2.12. The Balaban J connectivity index is 1.74. The molecule has 4 nitrogen and oxygen atoms in total. The van der Waals surface area contributed by atoms with Gasteiger partial charge >= 0.3 is 5.97 Å². The Bertz CT molecular complexity index is 497. The number of esters is 1. The van der Waals surface area contributed by atoms with E-state index in [1.54, 1.807) is 13.0 Å². The number of ether oxygens (including phenoxy) is 2. The second-order valence-corrected chi connectivity index (χ2v) is 3.48. The van der Waals surface area contributed by atoms with E-state index in [1.165, 1.54) is 0 Å². The number of hydrogen-bond acceptors (Lipinski definition) is 4. The maximum Gasteiger partial charge on any atom is 0.333 e. The summed E-state index contributed by atoms with van der Waals surface area (Å²) in [5, 5.41) is 0. The van der Waals surface area contributed by atoms with E-state index < -0.39 is 5.97 Å². The highest BCUT2D eigenvalue weighted by Gasteiger charge is 2.08. The summed E-state index contributed by atoms with van der Waals surface area (Å²) < 4.78 is 15.5. The molecule has 0 N–H and O–H groups in total. The molecular formula is C12H12O4. The van der Waals surface area contributed by atoms with Gasteiger partial charge in [0.05, 0.1) is 0 Å². The summed E-state index contributed by atoms with van der Waals surface area (Å²) in [6.07, 6.45) is 0. The molecule has 0 fully saturated rings. The minimum absolute atomic E-state index is 0.204. The molecule has 0 saturated heterocycles. The first-order chi connectivity index (χ1) is 7.66. The lowest BCUT2D eigenvalue weighted by atomic mass is 10.3. The average Bonchev–Trinajstić information content (AvgIpc) is 2.85. The number of furan rings is 2. The fraction of sp³-hybridized carbons (Fsp3) is 0.250. The van der Waals surface area contributed by atoms with Crippen LogP contribution in [-0.4, -0.2) is 19.2 Å². The molecule has 0 saturated carbocycles. The second kappa shape index (κ2) is 4.26. The molecule has 0 spiro atoms.